The quantitative estimate of drug-likeness (QED) is 0.773. The van der Waals surface area contributed by atoms with Crippen LogP contribution in [0.15, 0.2) is 12.1 Å². The summed E-state index contributed by atoms with van der Waals surface area (Å²) in [5.41, 5.74) is 1.78. The molecular formula is C14H16ClFO. The number of halogens is 2. The lowest BCUT2D eigenvalue weighted by molar-refractivity contribution is 0.278. The number of hydrogen-bond acceptors (Lipinski definition) is 1. The maximum absolute atomic E-state index is 13.8. The summed E-state index contributed by atoms with van der Waals surface area (Å²) >= 11 is 6.17. The Kier molecular flexibility index (Phi) is 2.99. The van der Waals surface area contributed by atoms with Crippen LogP contribution in [0.3, 0.4) is 0 Å². The smallest absolute Gasteiger partial charge is 0.141 e. The number of alkyl halides is 1. The van der Waals surface area contributed by atoms with Crippen molar-refractivity contribution in [3.63, 3.8) is 0 Å². The highest BCUT2D eigenvalue weighted by atomic mass is 35.5. The summed E-state index contributed by atoms with van der Waals surface area (Å²) < 4.78 is 19.6. The van der Waals surface area contributed by atoms with Gasteiger partial charge in [-0.05, 0) is 49.7 Å². The number of rotatable bonds is 3. The summed E-state index contributed by atoms with van der Waals surface area (Å²) in [5.74, 6) is 1.42. The molecule has 1 aromatic rings. The Hall–Kier alpha value is -0.760. The molecule has 0 aliphatic heterocycles. The average Bonchev–Trinajstić information content (AvgIpc) is 3.12. The van der Waals surface area contributed by atoms with Crippen molar-refractivity contribution in [2.45, 2.75) is 38.3 Å². The highest BCUT2D eigenvalue weighted by molar-refractivity contribution is 6.32. The molecule has 1 fully saturated rings. The van der Waals surface area contributed by atoms with Gasteiger partial charge >= 0.3 is 0 Å². The van der Waals surface area contributed by atoms with Crippen molar-refractivity contribution in [3.8, 4) is 5.75 Å². The van der Waals surface area contributed by atoms with Crippen LogP contribution in [-0.4, -0.2) is 6.61 Å². The van der Waals surface area contributed by atoms with E-state index in [9.17, 15) is 4.39 Å². The van der Waals surface area contributed by atoms with Crippen molar-refractivity contribution in [1.29, 1.82) is 0 Å². The summed E-state index contributed by atoms with van der Waals surface area (Å²) in [5, 5.41) is 0.624. The highest BCUT2D eigenvalue weighted by Crippen LogP contribution is 2.42. The van der Waals surface area contributed by atoms with Crippen LogP contribution in [0.25, 0.3) is 0 Å². The Labute approximate surface area is 106 Å². The average molecular weight is 255 g/mol. The predicted octanol–water partition coefficient (Wildman–Crippen LogP) is 4.48. The van der Waals surface area contributed by atoms with E-state index in [4.69, 9.17) is 16.3 Å². The van der Waals surface area contributed by atoms with Crippen LogP contribution >= 0.6 is 11.6 Å². The molecule has 0 bridgehead atoms. The van der Waals surface area contributed by atoms with Crippen LogP contribution in [0.2, 0.25) is 5.02 Å². The van der Waals surface area contributed by atoms with Gasteiger partial charge in [0.15, 0.2) is 0 Å². The molecule has 0 radical (unpaired) electrons. The van der Waals surface area contributed by atoms with E-state index in [1.165, 1.54) is 12.8 Å². The van der Waals surface area contributed by atoms with Gasteiger partial charge in [0.2, 0.25) is 0 Å². The Morgan fingerprint density at radius 1 is 1.29 bits per heavy atom. The van der Waals surface area contributed by atoms with E-state index in [0.29, 0.717) is 17.4 Å². The molecule has 0 aromatic heterocycles. The Balaban J connectivity index is 1.90. The number of benzene rings is 1. The van der Waals surface area contributed by atoms with E-state index >= 15 is 0 Å². The monoisotopic (exact) mass is 254 g/mol. The van der Waals surface area contributed by atoms with Crippen molar-refractivity contribution in [1.82, 2.24) is 0 Å². The van der Waals surface area contributed by atoms with Gasteiger partial charge in [-0.1, -0.05) is 17.7 Å². The highest BCUT2D eigenvalue weighted by Gasteiger charge is 2.26. The van der Waals surface area contributed by atoms with Gasteiger partial charge < -0.3 is 4.74 Å². The van der Waals surface area contributed by atoms with E-state index in [1.807, 2.05) is 6.07 Å². The minimum atomic E-state index is -0.848. The molecule has 1 saturated carbocycles. The third-order valence-corrected chi connectivity index (χ3v) is 3.93. The van der Waals surface area contributed by atoms with Crippen LogP contribution in [0.4, 0.5) is 4.39 Å². The van der Waals surface area contributed by atoms with Crippen LogP contribution in [0.1, 0.15) is 43.0 Å². The lowest BCUT2D eigenvalue weighted by Crippen LogP contribution is -2.10. The van der Waals surface area contributed by atoms with E-state index in [2.05, 4.69) is 0 Å². The summed E-state index contributed by atoms with van der Waals surface area (Å²) in [4.78, 5) is 0. The molecule has 3 rings (SSSR count). The molecular weight excluding hydrogens is 239 g/mol. The molecule has 1 unspecified atom stereocenters. The van der Waals surface area contributed by atoms with Crippen molar-refractivity contribution in [2.75, 3.05) is 6.61 Å². The van der Waals surface area contributed by atoms with Crippen LogP contribution in [-0.2, 0) is 6.42 Å². The van der Waals surface area contributed by atoms with E-state index < -0.39 is 6.17 Å². The zero-order chi connectivity index (χ0) is 11.8. The number of ether oxygens (including phenoxy) is 1. The first-order valence-corrected chi connectivity index (χ1v) is 6.71. The molecule has 1 nitrogen and oxygen atoms in total. The zero-order valence-electron chi connectivity index (χ0n) is 9.72. The first kappa shape index (κ1) is 11.3. The first-order chi connectivity index (χ1) is 8.25. The van der Waals surface area contributed by atoms with Crippen LogP contribution in [0.5, 0.6) is 5.75 Å². The molecule has 0 amide bonds. The summed E-state index contributed by atoms with van der Waals surface area (Å²) in [7, 11) is 0. The molecule has 3 heteroatoms. The fourth-order valence-electron chi connectivity index (χ4n) is 2.42. The lowest BCUT2D eigenvalue weighted by Gasteiger charge is -2.23. The zero-order valence-corrected chi connectivity index (χ0v) is 10.5. The molecule has 0 heterocycles. The molecule has 2 aliphatic rings. The van der Waals surface area contributed by atoms with Crippen LogP contribution < -0.4 is 4.74 Å². The van der Waals surface area contributed by atoms with E-state index in [1.54, 1.807) is 6.07 Å². The summed E-state index contributed by atoms with van der Waals surface area (Å²) in [6.07, 6.45) is 4.04. The molecule has 2 aliphatic carbocycles. The molecule has 1 aromatic carbocycles. The van der Waals surface area contributed by atoms with Crippen molar-refractivity contribution in [2.24, 2.45) is 5.92 Å². The molecule has 0 saturated heterocycles. The third-order valence-electron chi connectivity index (χ3n) is 3.63. The summed E-state index contributed by atoms with van der Waals surface area (Å²) in [6, 6.07) is 3.58. The minimum Gasteiger partial charge on any atom is -0.491 e. The number of fused-ring (bicyclic) bond motifs is 1. The minimum absolute atomic E-state index is 0.622. The van der Waals surface area contributed by atoms with Gasteiger partial charge in [0, 0.05) is 5.56 Å². The topological polar surface area (TPSA) is 9.23 Å². The maximum atomic E-state index is 13.8. The standard InChI is InChI=1S/C14H16ClFO/c15-12-7-6-10-11(2-1-3-13(10)16)14(12)17-8-9-4-5-9/h6-7,9,13H,1-5,8H2. The van der Waals surface area contributed by atoms with Gasteiger partial charge in [-0.15, -0.1) is 0 Å². The first-order valence-electron chi connectivity index (χ1n) is 6.34. The second kappa shape index (κ2) is 4.49. The lowest BCUT2D eigenvalue weighted by atomic mass is 9.89. The Bertz CT molecular complexity index is 428. The second-order valence-electron chi connectivity index (χ2n) is 5.06. The van der Waals surface area contributed by atoms with E-state index in [0.717, 1.165) is 36.3 Å². The van der Waals surface area contributed by atoms with Gasteiger partial charge in [0.1, 0.15) is 11.9 Å². The SMILES string of the molecule is FC1CCCc2c1ccc(Cl)c2OCC1CC1. The Morgan fingerprint density at radius 2 is 2.12 bits per heavy atom. The normalized spacial score (nSPS) is 23.3. The molecule has 17 heavy (non-hydrogen) atoms. The molecule has 0 N–H and O–H groups in total. The fraction of sp³-hybridized carbons (Fsp3) is 0.571. The van der Waals surface area contributed by atoms with Crippen molar-refractivity contribution >= 4 is 11.6 Å². The van der Waals surface area contributed by atoms with Gasteiger partial charge in [0.05, 0.1) is 11.6 Å². The van der Waals surface area contributed by atoms with Crippen molar-refractivity contribution < 1.29 is 9.13 Å². The van der Waals surface area contributed by atoms with E-state index in [-0.39, 0.29) is 0 Å². The maximum Gasteiger partial charge on any atom is 0.141 e. The molecule has 1 atom stereocenters. The van der Waals surface area contributed by atoms with Crippen LogP contribution in [0, 0.1) is 5.92 Å². The third kappa shape index (κ3) is 2.28. The van der Waals surface area contributed by atoms with Crippen molar-refractivity contribution in [3.05, 3.63) is 28.3 Å². The Morgan fingerprint density at radius 3 is 2.88 bits per heavy atom. The predicted molar refractivity (Wildman–Crippen MR) is 66.5 cm³/mol. The number of hydrogen-bond donors (Lipinski definition) is 0. The fourth-order valence-corrected chi connectivity index (χ4v) is 2.65. The summed E-state index contributed by atoms with van der Waals surface area (Å²) in [6.45, 7) is 0.729. The molecule has 0 spiro atoms. The second-order valence-corrected chi connectivity index (χ2v) is 5.47. The van der Waals surface area contributed by atoms with Gasteiger partial charge in [-0.3, -0.25) is 0 Å². The van der Waals surface area contributed by atoms with Gasteiger partial charge in [-0.25, -0.2) is 4.39 Å². The largest absolute Gasteiger partial charge is 0.491 e. The molecule has 92 valence electrons. The van der Waals surface area contributed by atoms with Gasteiger partial charge in [-0.2, -0.15) is 0 Å². The van der Waals surface area contributed by atoms with Gasteiger partial charge in [0.25, 0.3) is 0 Å².